The Kier molecular flexibility index (Phi) is 3.49. The van der Waals surface area contributed by atoms with Gasteiger partial charge in [0.05, 0.1) is 5.56 Å². The maximum atomic E-state index is 11.5. The number of hydrogen-bond donors (Lipinski definition) is 0. The number of nitrogens with zero attached hydrogens (tertiary/aromatic N) is 1. The Labute approximate surface area is 98.1 Å². The Morgan fingerprint density at radius 3 is 3.18 bits per heavy atom. The number of pyridine rings is 1. The molecule has 0 aliphatic carbocycles. The fraction of sp³-hybridized carbons (Fsp3) is 0.250. The van der Waals surface area contributed by atoms with Gasteiger partial charge in [0.1, 0.15) is 12.7 Å². The van der Waals surface area contributed by atoms with Gasteiger partial charge in [-0.1, -0.05) is 6.08 Å². The third-order valence-electron chi connectivity index (χ3n) is 2.23. The van der Waals surface area contributed by atoms with Crippen LogP contribution in [0.1, 0.15) is 16.8 Å². The summed E-state index contributed by atoms with van der Waals surface area (Å²) in [7, 11) is 0. The first kappa shape index (κ1) is 11.3. The average Bonchev–Trinajstić information content (AvgIpc) is 2.37. The van der Waals surface area contributed by atoms with E-state index in [1.54, 1.807) is 24.4 Å². The monoisotopic (exact) mass is 233 g/mol. The smallest absolute Gasteiger partial charge is 0.339 e. The van der Waals surface area contributed by atoms with Crippen LogP contribution in [-0.4, -0.2) is 29.6 Å². The van der Waals surface area contributed by atoms with Gasteiger partial charge in [-0.05, 0) is 12.1 Å². The van der Waals surface area contributed by atoms with Crippen molar-refractivity contribution in [1.82, 2.24) is 4.98 Å². The van der Waals surface area contributed by atoms with E-state index in [0.29, 0.717) is 12.0 Å². The molecule has 0 amide bonds. The molecule has 0 saturated carbocycles. The van der Waals surface area contributed by atoms with Gasteiger partial charge >= 0.3 is 11.9 Å². The standard InChI is InChI=1S/C12H11NO4/c14-11-5-1-4-10(17-11)8-16-12(15)9-3-2-6-13-7-9/h1-3,5-7,10H,4,8H2. The Morgan fingerprint density at radius 1 is 1.59 bits per heavy atom. The van der Waals surface area contributed by atoms with Gasteiger partial charge in [-0.3, -0.25) is 4.98 Å². The van der Waals surface area contributed by atoms with Gasteiger partial charge in [0.2, 0.25) is 0 Å². The molecule has 1 unspecified atom stereocenters. The molecule has 0 N–H and O–H groups in total. The van der Waals surface area contributed by atoms with Crippen LogP contribution < -0.4 is 0 Å². The van der Waals surface area contributed by atoms with Gasteiger partial charge in [0.15, 0.2) is 0 Å². The van der Waals surface area contributed by atoms with Gasteiger partial charge in [-0.2, -0.15) is 0 Å². The van der Waals surface area contributed by atoms with E-state index in [0.717, 1.165) is 0 Å². The first-order valence-corrected chi connectivity index (χ1v) is 5.20. The summed E-state index contributed by atoms with van der Waals surface area (Å²) in [4.78, 5) is 26.3. The quantitative estimate of drug-likeness (QED) is 0.732. The molecular formula is C12H11NO4. The second-order valence-electron chi connectivity index (χ2n) is 3.54. The molecule has 1 atom stereocenters. The van der Waals surface area contributed by atoms with Crippen molar-refractivity contribution in [1.29, 1.82) is 0 Å². The van der Waals surface area contributed by atoms with Gasteiger partial charge in [-0.15, -0.1) is 0 Å². The highest BCUT2D eigenvalue weighted by molar-refractivity contribution is 5.89. The lowest BCUT2D eigenvalue weighted by Crippen LogP contribution is -2.26. The first-order valence-electron chi connectivity index (χ1n) is 5.20. The number of ether oxygens (including phenoxy) is 2. The molecular weight excluding hydrogens is 222 g/mol. The molecule has 0 spiro atoms. The summed E-state index contributed by atoms with van der Waals surface area (Å²) in [6, 6.07) is 3.27. The molecule has 88 valence electrons. The number of esters is 2. The first-order chi connectivity index (χ1) is 8.25. The summed E-state index contributed by atoms with van der Waals surface area (Å²) >= 11 is 0. The van der Waals surface area contributed by atoms with Crippen LogP contribution in [-0.2, 0) is 14.3 Å². The number of carbonyl (C=O) groups is 2. The van der Waals surface area contributed by atoms with Crippen LogP contribution >= 0.6 is 0 Å². The second-order valence-corrected chi connectivity index (χ2v) is 3.54. The van der Waals surface area contributed by atoms with Crippen molar-refractivity contribution in [3.8, 4) is 0 Å². The average molecular weight is 233 g/mol. The van der Waals surface area contributed by atoms with E-state index in [2.05, 4.69) is 4.98 Å². The van der Waals surface area contributed by atoms with E-state index in [1.165, 1.54) is 12.3 Å². The van der Waals surface area contributed by atoms with E-state index in [4.69, 9.17) is 9.47 Å². The second kappa shape index (κ2) is 5.25. The van der Waals surface area contributed by atoms with E-state index in [9.17, 15) is 9.59 Å². The minimum absolute atomic E-state index is 0.0593. The molecule has 1 aromatic rings. The number of hydrogen-bond acceptors (Lipinski definition) is 5. The molecule has 5 nitrogen and oxygen atoms in total. The number of rotatable bonds is 3. The molecule has 2 heterocycles. The molecule has 0 aromatic carbocycles. The minimum atomic E-state index is -0.469. The summed E-state index contributed by atoms with van der Waals surface area (Å²) in [5.74, 6) is -0.873. The Hall–Kier alpha value is -2.17. The summed E-state index contributed by atoms with van der Waals surface area (Å²) in [6.07, 6.45) is 6.23. The highest BCUT2D eigenvalue weighted by Gasteiger charge is 2.18. The third kappa shape index (κ3) is 3.14. The summed E-state index contributed by atoms with van der Waals surface area (Å²) in [5, 5.41) is 0. The lowest BCUT2D eigenvalue weighted by atomic mass is 10.2. The molecule has 0 saturated heterocycles. The molecule has 0 fully saturated rings. The van der Waals surface area contributed by atoms with Gasteiger partial charge < -0.3 is 9.47 Å². The van der Waals surface area contributed by atoms with E-state index < -0.39 is 18.0 Å². The summed E-state index contributed by atoms with van der Waals surface area (Å²) < 4.78 is 9.98. The van der Waals surface area contributed by atoms with Crippen molar-refractivity contribution < 1.29 is 19.1 Å². The lowest BCUT2D eigenvalue weighted by molar-refractivity contribution is -0.146. The van der Waals surface area contributed by atoms with E-state index in [1.807, 2.05) is 0 Å². The van der Waals surface area contributed by atoms with Crippen LogP contribution in [0.25, 0.3) is 0 Å². The zero-order valence-electron chi connectivity index (χ0n) is 9.04. The zero-order valence-corrected chi connectivity index (χ0v) is 9.04. The minimum Gasteiger partial charge on any atom is -0.458 e. The molecule has 1 aliphatic heterocycles. The summed E-state index contributed by atoms with van der Waals surface area (Å²) in [6.45, 7) is 0.0593. The van der Waals surface area contributed by atoms with E-state index >= 15 is 0 Å². The number of carbonyl (C=O) groups excluding carboxylic acids is 2. The number of aromatic nitrogens is 1. The lowest BCUT2D eigenvalue weighted by Gasteiger charge is -2.18. The number of cyclic esters (lactones) is 1. The third-order valence-corrected chi connectivity index (χ3v) is 2.23. The molecule has 0 radical (unpaired) electrons. The van der Waals surface area contributed by atoms with Crippen molar-refractivity contribution in [2.45, 2.75) is 12.5 Å². The fourth-order valence-corrected chi connectivity index (χ4v) is 1.41. The van der Waals surface area contributed by atoms with Gasteiger partial charge in [0.25, 0.3) is 0 Å². The predicted molar refractivity (Wildman–Crippen MR) is 58.2 cm³/mol. The van der Waals surface area contributed by atoms with Crippen molar-refractivity contribution in [2.75, 3.05) is 6.61 Å². The molecule has 5 heteroatoms. The highest BCUT2D eigenvalue weighted by Crippen LogP contribution is 2.09. The Bertz CT molecular complexity index is 441. The largest absolute Gasteiger partial charge is 0.458 e. The van der Waals surface area contributed by atoms with Crippen LogP contribution in [0.3, 0.4) is 0 Å². The van der Waals surface area contributed by atoms with Crippen LogP contribution in [0, 0.1) is 0 Å². The van der Waals surface area contributed by atoms with Gasteiger partial charge in [-0.25, -0.2) is 9.59 Å². The Balaban J connectivity index is 1.85. The SMILES string of the molecule is O=C1C=CCC(COC(=O)c2cccnc2)O1. The fourth-order valence-electron chi connectivity index (χ4n) is 1.41. The topological polar surface area (TPSA) is 65.5 Å². The van der Waals surface area contributed by atoms with Gasteiger partial charge in [0, 0.05) is 24.9 Å². The van der Waals surface area contributed by atoms with Crippen molar-refractivity contribution in [3.63, 3.8) is 0 Å². The predicted octanol–water partition coefficient (Wildman–Crippen LogP) is 1.11. The van der Waals surface area contributed by atoms with Crippen LogP contribution in [0.2, 0.25) is 0 Å². The highest BCUT2D eigenvalue weighted by atomic mass is 16.6. The molecule has 1 aromatic heterocycles. The maximum absolute atomic E-state index is 11.5. The Morgan fingerprint density at radius 2 is 2.47 bits per heavy atom. The van der Waals surface area contributed by atoms with E-state index in [-0.39, 0.29) is 6.61 Å². The van der Waals surface area contributed by atoms with Crippen LogP contribution in [0.4, 0.5) is 0 Å². The van der Waals surface area contributed by atoms with Crippen LogP contribution in [0.15, 0.2) is 36.7 Å². The van der Waals surface area contributed by atoms with Crippen molar-refractivity contribution in [2.24, 2.45) is 0 Å². The summed E-state index contributed by atoms with van der Waals surface area (Å²) in [5.41, 5.74) is 0.380. The zero-order chi connectivity index (χ0) is 12.1. The molecule has 1 aliphatic rings. The normalized spacial score (nSPS) is 18.6. The maximum Gasteiger partial charge on any atom is 0.339 e. The van der Waals surface area contributed by atoms with Crippen molar-refractivity contribution >= 4 is 11.9 Å². The molecule has 2 rings (SSSR count). The van der Waals surface area contributed by atoms with Crippen molar-refractivity contribution in [3.05, 3.63) is 42.2 Å². The van der Waals surface area contributed by atoms with Crippen LogP contribution in [0.5, 0.6) is 0 Å². The molecule has 17 heavy (non-hydrogen) atoms. The molecule has 0 bridgehead atoms.